The molecule has 0 unspecified atom stereocenters. The Hall–Kier alpha value is -7.78. The molecule has 1 heterocycles. The van der Waals surface area contributed by atoms with Crippen LogP contribution in [0.1, 0.15) is 49.4 Å². The summed E-state index contributed by atoms with van der Waals surface area (Å²) >= 11 is 1.83. The Bertz CT molecular complexity index is 3350. The van der Waals surface area contributed by atoms with E-state index in [4.69, 9.17) is 0 Å². The Morgan fingerprint density at radius 2 is 0.785 bits per heavy atom. The first-order valence-corrected chi connectivity index (χ1v) is 23.3. The molecule has 0 saturated heterocycles. The summed E-state index contributed by atoms with van der Waals surface area (Å²) in [4.78, 5) is 3.69. The molecule has 1 nitrogen and oxygen atoms in total. The van der Waals surface area contributed by atoms with Crippen LogP contribution in [0, 0.1) is 6.92 Å². The number of anilines is 3. The van der Waals surface area contributed by atoms with Crippen molar-refractivity contribution in [1.29, 1.82) is 0 Å². The van der Waals surface area contributed by atoms with E-state index in [9.17, 15) is 0 Å². The molecular weight excluding hydrogens is 803 g/mol. The molecule has 9 aromatic carbocycles. The third-order valence-corrected chi connectivity index (χ3v) is 14.9. The van der Waals surface area contributed by atoms with Gasteiger partial charge in [-0.3, -0.25) is 0 Å². The summed E-state index contributed by atoms with van der Waals surface area (Å²) in [5, 5.41) is 1.22. The van der Waals surface area contributed by atoms with Crippen molar-refractivity contribution in [3.8, 4) is 22.3 Å². The van der Waals surface area contributed by atoms with Crippen LogP contribution >= 0.6 is 11.3 Å². The molecule has 1 aromatic heterocycles. The molecule has 0 amide bonds. The quantitative estimate of drug-likeness (QED) is 0.161. The van der Waals surface area contributed by atoms with Crippen LogP contribution in [0.15, 0.2) is 255 Å². The van der Waals surface area contributed by atoms with E-state index in [-0.39, 0.29) is 0 Å². The summed E-state index contributed by atoms with van der Waals surface area (Å²) < 4.78 is 1.24. The zero-order chi connectivity index (χ0) is 43.4. The maximum atomic E-state index is 2.52. The van der Waals surface area contributed by atoms with Crippen molar-refractivity contribution in [2.75, 3.05) is 4.90 Å². The summed E-state index contributed by atoms with van der Waals surface area (Å²) in [5.41, 5.74) is 17.4. The maximum absolute atomic E-state index is 2.52. The highest BCUT2D eigenvalue weighted by Gasteiger charge is 2.56. The molecule has 0 N–H and O–H groups in total. The molecule has 65 heavy (non-hydrogen) atoms. The van der Waals surface area contributed by atoms with Crippen molar-refractivity contribution in [3.05, 3.63) is 304 Å². The van der Waals surface area contributed by atoms with Crippen molar-refractivity contribution < 1.29 is 0 Å². The minimum absolute atomic E-state index is 0.562. The van der Waals surface area contributed by atoms with E-state index in [0.29, 0.717) is 0 Å². The highest BCUT2D eigenvalue weighted by molar-refractivity contribution is 7.18. The lowest BCUT2D eigenvalue weighted by Gasteiger charge is -2.50. The Labute approximate surface area is 385 Å². The average molecular weight is 848 g/mol. The van der Waals surface area contributed by atoms with Crippen molar-refractivity contribution in [2.45, 2.75) is 17.8 Å². The van der Waals surface area contributed by atoms with Crippen LogP contribution in [-0.4, -0.2) is 0 Å². The Kier molecular flexibility index (Phi) is 9.44. The molecule has 2 heteroatoms. The molecular formula is C63H45NS. The number of aryl methyl sites for hydroxylation is 1. The first-order chi connectivity index (χ1) is 32.2. The molecule has 0 saturated carbocycles. The molecule has 10 aromatic rings. The van der Waals surface area contributed by atoms with Crippen LogP contribution in [0.25, 0.3) is 32.3 Å². The topological polar surface area (TPSA) is 3.24 Å². The number of hydrogen-bond donors (Lipinski definition) is 0. The smallest absolute Gasteiger partial charge is 0.0720 e. The van der Waals surface area contributed by atoms with E-state index >= 15 is 0 Å². The van der Waals surface area contributed by atoms with Gasteiger partial charge in [-0.1, -0.05) is 218 Å². The van der Waals surface area contributed by atoms with E-state index in [1.54, 1.807) is 0 Å². The maximum Gasteiger partial charge on any atom is 0.0720 e. The Morgan fingerprint density at radius 1 is 0.338 bits per heavy atom. The van der Waals surface area contributed by atoms with Gasteiger partial charge < -0.3 is 4.90 Å². The van der Waals surface area contributed by atoms with E-state index in [2.05, 4.69) is 267 Å². The van der Waals surface area contributed by atoms with Crippen LogP contribution in [0.2, 0.25) is 0 Å². The minimum atomic E-state index is -0.612. The van der Waals surface area contributed by atoms with E-state index in [1.165, 1.54) is 81.7 Å². The molecule has 12 rings (SSSR count). The molecule has 308 valence electrons. The zero-order valence-corrected chi connectivity index (χ0v) is 36.9. The Balaban J connectivity index is 1.16. The second kappa shape index (κ2) is 15.8. The molecule has 1 spiro atoms. The van der Waals surface area contributed by atoms with Crippen LogP contribution < -0.4 is 4.90 Å². The van der Waals surface area contributed by atoms with Gasteiger partial charge in [0.05, 0.1) is 16.5 Å². The molecule has 0 atom stereocenters. The number of hydrogen-bond acceptors (Lipinski definition) is 2. The van der Waals surface area contributed by atoms with Crippen molar-refractivity contribution in [1.82, 2.24) is 0 Å². The lowest BCUT2D eigenvalue weighted by atomic mass is 9.51. The van der Waals surface area contributed by atoms with Crippen LogP contribution in [0.3, 0.4) is 0 Å². The predicted molar refractivity (Wildman–Crippen MR) is 273 cm³/mol. The van der Waals surface area contributed by atoms with Crippen molar-refractivity contribution in [2.24, 2.45) is 0 Å². The summed E-state index contributed by atoms with van der Waals surface area (Å²) in [6.45, 7) is 2.27. The second-order valence-corrected chi connectivity index (χ2v) is 18.4. The lowest BCUT2D eigenvalue weighted by molar-refractivity contribution is 0.623. The highest BCUT2D eigenvalue weighted by atomic mass is 32.1. The number of nitrogens with zero attached hydrogens (tertiary/aromatic N) is 1. The normalized spacial score (nSPS) is 13.6. The van der Waals surface area contributed by atoms with Crippen LogP contribution in [-0.2, 0) is 10.8 Å². The molecule has 0 bridgehead atoms. The first kappa shape index (κ1) is 38.9. The number of fused-ring (bicyclic) bond motifs is 10. The third-order valence-electron chi connectivity index (χ3n) is 13.8. The average Bonchev–Trinajstić information content (AvgIpc) is 3.70. The summed E-state index contributed by atoms with van der Waals surface area (Å²) in [7, 11) is 0. The number of benzene rings is 9. The summed E-state index contributed by atoms with van der Waals surface area (Å²) in [6, 6.07) is 94.6. The Morgan fingerprint density at radius 3 is 1.40 bits per heavy atom. The second-order valence-electron chi connectivity index (χ2n) is 17.1. The third kappa shape index (κ3) is 5.98. The zero-order valence-electron chi connectivity index (χ0n) is 36.1. The van der Waals surface area contributed by atoms with Gasteiger partial charge in [0.1, 0.15) is 0 Å². The number of rotatable bonds is 6. The fraction of sp³-hybridized carbons (Fsp3) is 0.0476. The molecule has 0 aliphatic heterocycles. The fourth-order valence-corrected chi connectivity index (χ4v) is 12.2. The minimum Gasteiger partial charge on any atom is -0.309 e. The monoisotopic (exact) mass is 847 g/mol. The lowest BCUT2D eigenvalue weighted by Crippen LogP contribution is -2.44. The van der Waals surface area contributed by atoms with Gasteiger partial charge in [0.2, 0.25) is 0 Å². The van der Waals surface area contributed by atoms with Gasteiger partial charge in [-0.25, -0.2) is 0 Å². The van der Waals surface area contributed by atoms with E-state index < -0.39 is 10.8 Å². The van der Waals surface area contributed by atoms with Gasteiger partial charge in [-0.05, 0) is 115 Å². The van der Waals surface area contributed by atoms with E-state index in [1.807, 2.05) is 11.3 Å². The van der Waals surface area contributed by atoms with Gasteiger partial charge in [0.25, 0.3) is 0 Å². The van der Waals surface area contributed by atoms with Gasteiger partial charge in [-0.15, -0.1) is 11.3 Å². The van der Waals surface area contributed by atoms with Crippen molar-refractivity contribution >= 4 is 38.5 Å². The van der Waals surface area contributed by atoms with Gasteiger partial charge in [0, 0.05) is 21.0 Å². The molecule has 2 aliphatic rings. The van der Waals surface area contributed by atoms with Crippen LogP contribution in [0.5, 0.6) is 0 Å². The van der Waals surface area contributed by atoms with Gasteiger partial charge in [-0.2, -0.15) is 0 Å². The molecule has 0 radical (unpaired) electrons. The standard InChI is InChI=1S/C63H45NS/c1-44-60(35-19-11-23-47-24-12-20-36-61(47)65-44)64(50-39-37-46(38-40-50)45-21-5-2-6-22-45)51-41-42-53-52-29-13-14-30-54(52)63(59(53)43-51)57-33-17-15-31-55(57)62(48-25-7-3-8-26-48,49-27-9-4-10-28-49)56-32-16-18-34-58(56)63/h2-43H,1H3. The predicted octanol–water partition coefficient (Wildman–Crippen LogP) is 16.5. The van der Waals surface area contributed by atoms with Gasteiger partial charge >= 0.3 is 0 Å². The van der Waals surface area contributed by atoms with E-state index in [0.717, 1.165) is 17.1 Å². The fourth-order valence-electron chi connectivity index (χ4n) is 11.2. The SMILES string of the molecule is Cc1sc2ccccc2ccccc1N(c1ccc(-c2ccccc2)cc1)c1ccc2c(c1)C1(c3ccccc3-2)c2ccccc2C(c2ccccc2)(c2ccccc2)c2ccccc21. The van der Waals surface area contributed by atoms with Gasteiger partial charge in [0.15, 0.2) is 0 Å². The first-order valence-electron chi connectivity index (χ1n) is 22.5. The molecule has 0 fully saturated rings. The van der Waals surface area contributed by atoms with Crippen LogP contribution in [0.4, 0.5) is 17.1 Å². The largest absolute Gasteiger partial charge is 0.309 e. The summed E-state index contributed by atoms with van der Waals surface area (Å²) in [6.07, 6.45) is 0. The highest BCUT2D eigenvalue weighted by Crippen LogP contribution is 2.65. The summed E-state index contributed by atoms with van der Waals surface area (Å²) in [5.74, 6) is 0. The van der Waals surface area contributed by atoms with Crippen molar-refractivity contribution in [3.63, 3.8) is 0 Å². The molecule has 2 aliphatic carbocycles.